The average molecular weight is 271 g/mol. The summed E-state index contributed by atoms with van der Waals surface area (Å²) in [5.41, 5.74) is 0.736. The molecular formula is C13H21NO3S. The molecular weight excluding hydrogens is 250 g/mol. The number of thiazole rings is 1. The zero-order valence-electron chi connectivity index (χ0n) is 11.3. The highest BCUT2D eigenvalue weighted by molar-refractivity contribution is 7.11. The molecule has 4 nitrogen and oxygen atoms in total. The lowest BCUT2D eigenvalue weighted by molar-refractivity contribution is 0.0530. The van der Waals surface area contributed by atoms with Gasteiger partial charge in [0, 0.05) is 12.2 Å². The number of esters is 1. The molecule has 0 aliphatic rings. The van der Waals surface area contributed by atoms with Gasteiger partial charge >= 0.3 is 10.8 Å². The first-order valence-corrected chi connectivity index (χ1v) is 7.30. The molecule has 102 valence electrons. The van der Waals surface area contributed by atoms with E-state index in [0.29, 0.717) is 18.0 Å². The Morgan fingerprint density at radius 2 is 2.00 bits per heavy atom. The van der Waals surface area contributed by atoms with Crippen molar-refractivity contribution in [1.29, 1.82) is 0 Å². The lowest BCUT2D eigenvalue weighted by atomic mass is 10.2. The minimum Gasteiger partial charge on any atom is -0.462 e. The molecule has 18 heavy (non-hydrogen) atoms. The number of hydrogen-bond donors (Lipinski definition) is 0. The maximum absolute atomic E-state index is 11.8. The van der Waals surface area contributed by atoms with Gasteiger partial charge in [0.15, 0.2) is 0 Å². The van der Waals surface area contributed by atoms with Crippen molar-refractivity contribution in [3.63, 3.8) is 0 Å². The first kappa shape index (κ1) is 15.0. The minimum atomic E-state index is -0.385. The van der Waals surface area contributed by atoms with Crippen LogP contribution in [0.5, 0.6) is 0 Å². The van der Waals surface area contributed by atoms with Crippen LogP contribution in [0.15, 0.2) is 4.79 Å². The fourth-order valence-corrected chi connectivity index (χ4v) is 2.73. The van der Waals surface area contributed by atoms with Crippen molar-refractivity contribution in [2.45, 2.75) is 53.0 Å². The number of carbonyl (C=O) groups is 1. The first-order chi connectivity index (χ1) is 8.61. The molecule has 0 aromatic carbocycles. The maximum Gasteiger partial charge on any atom is 0.350 e. The van der Waals surface area contributed by atoms with Gasteiger partial charge in [-0.3, -0.25) is 4.79 Å². The van der Waals surface area contributed by atoms with E-state index in [1.165, 1.54) is 12.8 Å². The van der Waals surface area contributed by atoms with Crippen LogP contribution in [0.1, 0.15) is 54.9 Å². The predicted octanol–water partition coefficient (Wildman–Crippen LogP) is 2.98. The fraction of sp³-hybridized carbons (Fsp3) is 0.692. The highest BCUT2D eigenvalue weighted by Gasteiger charge is 2.18. The molecule has 1 aromatic heterocycles. The van der Waals surface area contributed by atoms with Crippen molar-refractivity contribution >= 4 is 17.3 Å². The zero-order chi connectivity index (χ0) is 13.5. The van der Waals surface area contributed by atoms with Crippen molar-refractivity contribution in [3.8, 4) is 0 Å². The molecule has 5 heteroatoms. The van der Waals surface area contributed by atoms with E-state index in [-0.39, 0.29) is 10.8 Å². The van der Waals surface area contributed by atoms with Crippen LogP contribution in [0.2, 0.25) is 0 Å². The normalized spacial score (nSPS) is 10.6. The number of nitrogens with zero attached hydrogens (tertiary/aromatic N) is 1. The van der Waals surface area contributed by atoms with Gasteiger partial charge in [0.25, 0.3) is 0 Å². The van der Waals surface area contributed by atoms with Crippen molar-refractivity contribution in [2.75, 3.05) is 6.61 Å². The van der Waals surface area contributed by atoms with Crippen LogP contribution in [0.25, 0.3) is 0 Å². The molecule has 0 spiro atoms. The van der Waals surface area contributed by atoms with Crippen LogP contribution < -0.4 is 4.87 Å². The van der Waals surface area contributed by atoms with E-state index in [4.69, 9.17) is 4.74 Å². The summed E-state index contributed by atoms with van der Waals surface area (Å²) in [4.78, 5) is 23.8. The van der Waals surface area contributed by atoms with Gasteiger partial charge in [-0.2, -0.15) is 0 Å². The van der Waals surface area contributed by atoms with Gasteiger partial charge in [0.1, 0.15) is 4.88 Å². The Balaban J connectivity index is 2.75. The molecule has 0 amide bonds. The van der Waals surface area contributed by atoms with E-state index in [2.05, 4.69) is 6.92 Å². The maximum atomic E-state index is 11.8. The SMILES string of the molecule is CCCCCCn1c(C)c(C(=O)OCC)sc1=O. The summed E-state index contributed by atoms with van der Waals surface area (Å²) < 4.78 is 6.63. The second kappa shape index (κ2) is 7.36. The number of hydrogen-bond acceptors (Lipinski definition) is 4. The van der Waals surface area contributed by atoms with Gasteiger partial charge in [0.2, 0.25) is 0 Å². The molecule has 0 saturated heterocycles. The Labute approximate surface area is 112 Å². The standard InChI is InChI=1S/C13H21NO3S/c1-4-6-7-8-9-14-10(3)11(18-13(14)16)12(15)17-5-2/h4-9H2,1-3H3. The molecule has 0 aliphatic heterocycles. The van der Waals surface area contributed by atoms with Gasteiger partial charge < -0.3 is 9.30 Å². The number of rotatable bonds is 7. The summed E-state index contributed by atoms with van der Waals surface area (Å²) in [6.45, 7) is 6.75. The molecule has 0 unspecified atom stereocenters. The molecule has 0 fully saturated rings. The van der Waals surface area contributed by atoms with Gasteiger partial charge in [-0.15, -0.1) is 0 Å². The second-order valence-corrected chi connectivity index (χ2v) is 5.18. The summed E-state index contributed by atoms with van der Waals surface area (Å²) >= 11 is 0.986. The van der Waals surface area contributed by atoms with Gasteiger partial charge in [-0.1, -0.05) is 37.5 Å². The second-order valence-electron chi connectivity index (χ2n) is 4.22. The van der Waals surface area contributed by atoms with Crippen molar-refractivity contribution in [1.82, 2.24) is 4.57 Å². The lowest BCUT2D eigenvalue weighted by Crippen LogP contribution is -2.15. The van der Waals surface area contributed by atoms with Crippen LogP contribution in [0, 0.1) is 6.92 Å². The van der Waals surface area contributed by atoms with Crippen LogP contribution in [-0.2, 0) is 11.3 Å². The Hall–Kier alpha value is -1.10. The predicted molar refractivity (Wildman–Crippen MR) is 73.4 cm³/mol. The highest BCUT2D eigenvalue weighted by atomic mass is 32.1. The number of carbonyl (C=O) groups excluding carboxylic acids is 1. The molecule has 0 bridgehead atoms. The zero-order valence-corrected chi connectivity index (χ0v) is 12.1. The molecule has 0 N–H and O–H groups in total. The Bertz CT molecular complexity index is 448. The first-order valence-electron chi connectivity index (χ1n) is 6.49. The van der Waals surface area contributed by atoms with E-state index >= 15 is 0 Å². The topological polar surface area (TPSA) is 48.3 Å². The summed E-state index contributed by atoms with van der Waals surface area (Å²) in [6, 6.07) is 0. The van der Waals surface area contributed by atoms with E-state index < -0.39 is 0 Å². The molecule has 1 heterocycles. The Morgan fingerprint density at radius 1 is 1.28 bits per heavy atom. The summed E-state index contributed by atoms with van der Waals surface area (Å²) in [6.07, 6.45) is 4.45. The van der Waals surface area contributed by atoms with Crippen LogP contribution >= 0.6 is 11.3 Å². The quantitative estimate of drug-likeness (QED) is 0.566. The third-order valence-electron chi connectivity index (χ3n) is 2.84. The molecule has 0 aliphatic carbocycles. The van der Waals surface area contributed by atoms with Gasteiger partial charge in [-0.25, -0.2) is 4.79 Å². The van der Waals surface area contributed by atoms with Crippen LogP contribution in [0.3, 0.4) is 0 Å². The van der Waals surface area contributed by atoms with Crippen molar-refractivity contribution < 1.29 is 9.53 Å². The van der Waals surface area contributed by atoms with Crippen LogP contribution in [-0.4, -0.2) is 17.1 Å². The molecule has 0 saturated carbocycles. The average Bonchev–Trinajstić information content (AvgIpc) is 2.62. The summed E-state index contributed by atoms with van der Waals surface area (Å²) in [5, 5.41) is 0. The smallest absolute Gasteiger partial charge is 0.350 e. The van der Waals surface area contributed by atoms with Crippen molar-refractivity contribution in [2.24, 2.45) is 0 Å². The van der Waals surface area contributed by atoms with Crippen molar-refractivity contribution in [3.05, 3.63) is 20.2 Å². The third kappa shape index (κ3) is 3.70. The Kier molecular flexibility index (Phi) is 6.12. The van der Waals surface area contributed by atoms with E-state index in [1.54, 1.807) is 11.5 Å². The minimum absolute atomic E-state index is 0.0629. The number of ether oxygens (including phenoxy) is 1. The van der Waals surface area contributed by atoms with E-state index in [1.807, 2.05) is 6.92 Å². The van der Waals surface area contributed by atoms with E-state index in [0.717, 1.165) is 29.9 Å². The van der Waals surface area contributed by atoms with E-state index in [9.17, 15) is 9.59 Å². The fourth-order valence-electron chi connectivity index (χ4n) is 1.82. The molecule has 1 rings (SSSR count). The monoisotopic (exact) mass is 271 g/mol. The van der Waals surface area contributed by atoms with Crippen LogP contribution in [0.4, 0.5) is 0 Å². The van der Waals surface area contributed by atoms with Gasteiger partial charge in [-0.05, 0) is 20.3 Å². The number of aromatic nitrogens is 1. The molecule has 0 atom stereocenters. The molecule has 0 radical (unpaired) electrons. The Morgan fingerprint density at radius 3 is 2.61 bits per heavy atom. The highest BCUT2D eigenvalue weighted by Crippen LogP contribution is 2.14. The van der Waals surface area contributed by atoms with Gasteiger partial charge in [0.05, 0.1) is 6.61 Å². The summed E-state index contributed by atoms with van der Waals surface area (Å²) in [7, 11) is 0. The largest absolute Gasteiger partial charge is 0.462 e. The summed E-state index contributed by atoms with van der Waals surface area (Å²) in [5.74, 6) is -0.385. The molecule has 1 aromatic rings. The third-order valence-corrected chi connectivity index (χ3v) is 3.90. The lowest BCUT2D eigenvalue weighted by Gasteiger charge is -2.05. The number of unbranched alkanes of at least 4 members (excludes halogenated alkanes) is 3.